The van der Waals surface area contributed by atoms with Gasteiger partial charge in [-0.05, 0) is 24.1 Å². The molecule has 1 aromatic carbocycles. The average Bonchev–Trinajstić information content (AvgIpc) is 2.49. The van der Waals surface area contributed by atoms with Gasteiger partial charge in [-0.3, -0.25) is 9.78 Å². The molecule has 1 aromatic heterocycles. The summed E-state index contributed by atoms with van der Waals surface area (Å²) in [5.41, 5.74) is 1.76. The molecule has 0 aliphatic heterocycles. The standard InChI is InChI=1S/C15H12BrN3O/c16-14-4-2-1-3-11(14)6-8-19-15(20)13-10-18-7-5-12(13)9-17/h1-5,7,10H,6,8H2,(H,19,20). The number of pyridine rings is 1. The topological polar surface area (TPSA) is 65.8 Å². The van der Waals surface area contributed by atoms with E-state index in [0.29, 0.717) is 17.7 Å². The predicted octanol–water partition coefficient (Wildman–Crippen LogP) is 2.69. The third-order valence-electron chi connectivity index (χ3n) is 2.82. The zero-order valence-electron chi connectivity index (χ0n) is 10.6. The number of carbonyl (C=O) groups is 1. The number of hydrogen-bond donors (Lipinski definition) is 1. The molecule has 1 N–H and O–H groups in total. The van der Waals surface area contributed by atoms with Crippen LogP contribution in [0.4, 0.5) is 0 Å². The molecule has 0 bridgehead atoms. The van der Waals surface area contributed by atoms with Crippen molar-refractivity contribution in [2.24, 2.45) is 0 Å². The fourth-order valence-electron chi connectivity index (χ4n) is 1.78. The molecule has 100 valence electrons. The van der Waals surface area contributed by atoms with Crippen LogP contribution in [0.2, 0.25) is 0 Å². The lowest BCUT2D eigenvalue weighted by Gasteiger charge is -2.07. The molecule has 1 heterocycles. The first-order valence-corrected chi connectivity index (χ1v) is 6.87. The zero-order chi connectivity index (χ0) is 14.4. The quantitative estimate of drug-likeness (QED) is 0.937. The smallest absolute Gasteiger partial charge is 0.254 e. The van der Waals surface area contributed by atoms with Crippen molar-refractivity contribution in [3.63, 3.8) is 0 Å². The van der Waals surface area contributed by atoms with Gasteiger partial charge in [-0.1, -0.05) is 34.1 Å². The Morgan fingerprint density at radius 2 is 2.15 bits per heavy atom. The third kappa shape index (κ3) is 3.43. The normalized spacial score (nSPS) is 9.80. The lowest BCUT2D eigenvalue weighted by atomic mass is 10.1. The average molecular weight is 330 g/mol. The molecule has 20 heavy (non-hydrogen) atoms. The van der Waals surface area contributed by atoms with Crippen LogP contribution < -0.4 is 5.32 Å². The molecule has 0 atom stereocenters. The summed E-state index contributed by atoms with van der Waals surface area (Å²) in [7, 11) is 0. The zero-order valence-corrected chi connectivity index (χ0v) is 12.2. The van der Waals surface area contributed by atoms with E-state index in [1.54, 1.807) is 0 Å². The van der Waals surface area contributed by atoms with Gasteiger partial charge >= 0.3 is 0 Å². The molecule has 0 spiro atoms. The highest BCUT2D eigenvalue weighted by Gasteiger charge is 2.10. The van der Waals surface area contributed by atoms with Crippen LogP contribution in [0.15, 0.2) is 47.2 Å². The molecule has 2 aromatic rings. The SMILES string of the molecule is N#Cc1ccncc1C(=O)NCCc1ccccc1Br. The van der Waals surface area contributed by atoms with E-state index in [4.69, 9.17) is 5.26 Å². The van der Waals surface area contributed by atoms with Crippen LogP contribution in [0, 0.1) is 11.3 Å². The summed E-state index contributed by atoms with van der Waals surface area (Å²) < 4.78 is 1.02. The number of carbonyl (C=O) groups excluding carboxylic acids is 1. The molecule has 5 heteroatoms. The second-order valence-electron chi connectivity index (χ2n) is 4.13. The number of aromatic nitrogens is 1. The van der Waals surface area contributed by atoms with Gasteiger partial charge in [0.25, 0.3) is 5.91 Å². The predicted molar refractivity (Wildman–Crippen MR) is 79.1 cm³/mol. The number of halogens is 1. The van der Waals surface area contributed by atoms with Crippen LogP contribution in [0.5, 0.6) is 0 Å². The van der Waals surface area contributed by atoms with Gasteiger partial charge in [0.2, 0.25) is 0 Å². The highest BCUT2D eigenvalue weighted by molar-refractivity contribution is 9.10. The number of nitriles is 1. The summed E-state index contributed by atoms with van der Waals surface area (Å²) in [6.45, 7) is 0.501. The van der Waals surface area contributed by atoms with Crippen molar-refractivity contribution in [2.75, 3.05) is 6.54 Å². The minimum atomic E-state index is -0.276. The molecule has 0 aliphatic carbocycles. The Labute approximate surface area is 125 Å². The van der Waals surface area contributed by atoms with Crippen molar-refractivity contribution in [2.45, 2.75) is 6.42 Å². The van der Waals surface area contributed by atoms with Crippen LogP contribution in [0.25, 0.3) is 0 Å². The molecule has 0 saturated heterocycles. The number of benzene rings is 1. The lowest BCUT2D eigenvalue weighted by Crippen LogP contribution is -2.26. The van der Waals surface area contributed by atoms with Gasteiger partial charge in [0, 0.05) is 23.4 Å². The summed E-state index contributed by atoms with van der Waals surface area (Å²) in [5, 5.41) is 11.7. The maximum Gasteiger partial charge on any atom is 0.254 e. The summed E-state index contributed by atoms with van der Waals surface area (Å²) >= 11 is 3.47. The molecule has 0 radical (unpaired) electrons. The highest BCUT2D eigenvalue weighted by atomic mass is 79.9. The van der Waals surface area contributed by atoms with E-state index in [1.165, 1.54) is 18.5 Å². The van der Waals surface area contributed by atoms with Gasteiger partial charge in [0.05, 0.1) is 11.1 Å². The molecular formula is C15H12BrN3O. The Balaban J connectivity index is 1.97. The summed E-state index contributed by atoms with van der Waals surface area (Å²) in [6.07, 6.45) is 3.62. The molecule has 0 aliphatic rings. The molecular weight excluding hydrogens is 318 g/mol. The Morgan fingerprint density at radius 3 is 2.90 bits per heavy atom. The molecule has 0 fully saturated rings. The van der Waals surface area contributed by atoms with Crippen LogP contribution in [-0.2, 0) is 6.42 Å². The molecule has 0 unspecified atom stereocenters. The summed E-state index contributed by atoms with van der Waals surface area (Å²) in [5.74, 6) is -0.276. The monoisotopic (exact) mass is 329 g/mol. The Morgan fingerprint density at radius 1 is 1.35 bits per heavy atom. The highest BCUT2D eigenvalue weighted by Crippen LogP contribution is 2.15. The minimum Gasteiger partial charge on any atom is -0.352 e. The van der Waals surface area contributed by atoms with Crippen molar-refractivity contribution in [1.82, 2.24) is 10.3 Å². The molecule has 1 amide bonds. The number of rotatable bonds is 4. The van der Waals surface area contributed by atoms with Gasteiger partial charge in [-0.25, -0.2) is 0 Å². The van der Waals surface area contributed by atoms with Crippen molar-refractivity contribution in [3.05, 3.63) is 63.9 Å². The van der Waals surface area contributed by atoms with Crippen molar-refractivity contribution < 1.29 is 4.79 Å². The number of nitrogens with one attached hydrogen (secondary N) is 1. The fraction of sp³-hybridized carbons (Fsp3) is 0.133. The minimum absolute atomic E-state index is 0.276. The van der Waals surface area contributed by atoms with Crippen LogP contribution in [0.3, 0.4) is 0 Å². The van der Waals surface area contributed by atoms with Crippen molar-refractivity contribution in [1.29, 1.82) is 5.26 Å². The van der Waals surface area contributed by atoms with Gasteiger partial charge < -0.3 is 5.32 Å². The summed E-state index contributed by atoms with van der Waals surface area (Å²) in [6, 6.07) is 11.4. The number of nitrogens with zero attached hydrogens (tertiary/aromatic N) is 2. The Hall–Kier alpha value is -2.19. The fourth-order valence-corrected chi connectivity index (χ4v) is 2.26. The molecule has 0 saturated carbocycles. The van der Waals surface area contributed by atoms with Gasteiger partial charge in [-0.2, -0.15) is 5.26 Å². The lowest BCUT2D eigenvalue weighted by molar-refractivity contribution is 0.0953. The summed E-state index contributed by atoms with van der Waals surface area (Å²) in [4.78, 5) is 15.9. The van der Waals surface area contributed by atoms with E-state index in [1.807, 2.05) is 30.3 Å². The first-order chi connectivity index (χ1) is 9.72. The first-order valence-electron chi connectivity index (χ1n) is 6.08. The van der Waals surface area contributed by atoms with E-state index in [2.05, 4.69) is 26.2 Å². The van der Waals surface area contributed by atoms with E-state index in [9.17, 15) is 4.79 Å². The molecule has 4 nitrogen and oxygen atoms in total. The largest absolute Gasteiger partial charge is 0.352 e. The third-order valence-corrected chi connectivity index (χ3v) is 3.60. The van der Waals surface area contributed by atoms with Crippen molar-refractivity contribution in [3.8, 4) is 6.07 Å². The van der Waals surface area contributed by atoms with E-state index in [0.717, 1.165) is 16.5 Å². The Bertz CT molecular complexity index is 664. The Kier molecular flexibility index (Phi) is 4.85. The van der Waals surface area contributed by atoms with Gasteiger partial charge in [-0.15, -0.1) is 0 Å². The first kappa shape index (κ1) is 14.2. The maximum atomic E-state index is 12.0. The van der Waals surface area contributed by atoms with Crippen LogP contribution in [0.1, 0.15) is 21.5 Å². The van der Waals surface area contributed by atoms with E-state index >= 15 is 0 Å². The second kappa shape index (κ2) is 6.83. The number of hydrogen-bond acceptors (Lipinski definition) is 3. The van der Waals surface area contributed by atoms with Gasteiger partial charge in [0.15, 0.2) is 0 Å². The van der Waals surface area contributed by atoms with Crippen LogP contribution in [-0.4, -0.2) is 17.4 Å². The van der Waals surface area contributed by atoms with Crippen molar-refractivity contribution >= 4 is 21.8 Å². The molecule has 2 rings (SSSR count). The van der Waals surface area contributed by atoms with E-state index in [-0.39, 0.29) is 5.91 Å². The van der Waals surface area contributed by atoms with E-state index < -0.39 is 0 Å². The maximum absolute atomic E-state index is 12.0. The number of amides is 1. The van der Waals surface area contributed by atoms with Crippen LogP contribution >= 0.6 is 15.9 Å². The van der Waals surface area contributed by atoms with Gasteiger partial charge in [0.1, 0.15) is 6.07 Å². The second-order valence-corrected chi connectivity index (χ2v) is 4.98.